The maximum absolute atomic E-state index is 12.6. The average Bonchev–Trinajstić information content (AvgIpc) is 2.46. The van der Waals surface area contributed by atoms with Gasteiger partial charge in [0, 0.05) is 5.41 Å². The van der Waals surface area contributed by atoms with Crippen LogP contribution >= 0.6 is 0 Å². The monoisotopic (exact) mass is 291 g/mol. The van der Waals surface area contributed by atoms with Crippen LogP contribution in [0.3, 0.4) is 0 Å². The van der Waals surface area contributed by atoms with E-state index in [9.17, 15) is 4.79 Å². The van der Waals surface area contributed by atoms with E-state index in [1.54, 1.807) is 7.11 Å². The largest absolute Gasteiger partial charge is 0.497 e. The van der Waals surface area contributed by atoms with Gasteiger partial charge in [-0.1, -0.05) is 32.9 Å². The van der Waals surface area contributed by atoms with E-state index >= 15 is 0 Å². The Morgan fingerprint density at radius 2 is 1.90 bits per heavy atom. The lowest BCUT2D eigenvalue weighted by atomic mass is 9.93. The summed E-state index contributed by atoms with van der Waals surface area (Å²) in [6.45, 7) is 9.08. The lowest BCUT2D eigenvalue weighted by Crippen LogP contribution is -2.51. The van der Waals surface area contributed by atoms with Crippen LogP contribution in [0.15, 0.2) is 24.3 Å². The molecular weight excluding hydrogens is 266 g/mol. The SMILES string of the molecule is COc1ccc(C2CN(C(=O)C(C)(C)C)C(C)CO2)cc1. The molecule has 1 heterocycles. The molecule has 1 aliphatic heterocycles. The summed E-state index contributed by atoms with van der Waals surface area (Å²) in [6, 6.07) is 7.96. The van der Waals surface area contributed by atoms with Gasteiger partial charge in [0.2, 0.25) is 5.91 Å². The number of rotatable bonds is 2. The minimum atomic E-state index is -0.365. The molecule has 0 bridgehead atoms. The van der Waals surface area contributed by atoms with E-state index < -0.39 is 0 Å². The Kier molecular flexibility index (Phi) is 4.57. The summed E-state index contributed by atoms with van der Waals surface area (Å²) < 4.78 is 11.1. The molecule has 1 amide bonds. The molecule has 0 aliphatic carbocycles. The van der Waals surface area contributed by atoms with Crippen LogP contribution < -0.4 is 4.74 Å². The normalized spacial score (nSPS) is 23.0. The standard InChI is InChI=1S/C17H25NO3/c1-12-11-21-15(10-18(12)16(19)17(2,3)4)13-6-8-14(20-5)9-7-13/h6-9,12,15H,10-11H2,1-5H3. The first kappa shape index (κ1) is 15.8. The molecule has 0 N–H and O–H groups in total. The molecule has 4 heteroatoms. The summed E-state index contributed by atoms with van der Waals surface area (Å²) in [4.78, 5) is 14.5. The molecule has 1 fully saturated rings. The molecule has 0 spiro atoms. The Hall–Kier alpha value is -1.55. The number of benzene rings is 1. The van der Waals surface area contributed by atoms with Crippen LogP contribution in [0.4, 0.5) is 0 Å². The Balaban J connectivity index is 2.14. The van der Waals surface area contributed by atoms with Crippen LogP contribution in [0.25, 0.3) is 0 Å². The zero-order valence-electron chi connectivity index (χ0n) is 13.6. The molecule has 1 aromatic carbocycles. The highest BCUT2D eigenvalue weighted by Gasteiger charge is 2.35. The van der Waals surface area contributed by atoms with Crippen LogP contribution in [0.5, 0.6) is 5.75 Å². The second-order valence-electron chi connectivity index (χ2n) is 6.65. The fraction of sp³-hybridized carbons (Fsp3) is 0.588. The predicted molar refractivity (Wildman–Crippen MR) is 82.3 cm³/mol. The Labute approximate surface area is 127 Å². The van der Waals surface area contributed by atoms with E-state index in [1.165, 1.54) is 0 Å². The zero-order valence-corrected chi connectivity index (χ0v) is 13.6. The summed E-state index contributed by atoms with van der Waals surface area (Å²) >= 11 is 0. The third kappa shape index (κ3) is 3.56. The van der Waals surface area contributed by atoms with Crippen molar-refractivity contribution >= 4 is 5.91 Å². The van der Waals surface area contributed by atoms with E-state index in [0.29, 0.717) is 13.2 Å². The molecule has 1 saturated heterocycles. The number of carbonyl (C=O) groups excluding carboxylic acids is 1. The number of amides is 1. The molecule has 4 nitrogen and oxygen atoms in total. The molecule has 1 aliphatic rings. The Morgan fingerprint density at radius 1 is 1.29 bits per heavy atom. The molecule has 0 saturated carbocycles. The van der Waals surface area contributed by atoms with Crippen LogP contribution in [-0.4, -0.2) is 37.1 Å². The first-order chi connectivity index (χ1) is 9.82. The van der Waals surface area contributed by atoms with Crippen molar-refractivity contribution in [2.45, 2.75) is 39.8 Å². The van der Waals surface area contributed by atoms with Gasteiger partial charge in [0.1, 0.15) is 11.9 Å². The van der Waals surface area contributed by atoms with Crippen molar-refractivity contribution in [2.75, 3.05) is 20.3 Å². The van der Waals surface area contributed by atoms with E-state index in [-0.39, 0.29) is 23.5 Å². The van der Waals surface area contributed by atoms with Crippen LogP contribution in [0.1, 0.15) is 39.4 Å². The molecule has 116 valence electrons. The quantitative estimate of drug-likeness (QED) is 0.840. The van der Waals surface area contributed by atoms with E-state index in [0.717, 1.165) is 11.3 Å². The number of nitrogens with zero attached hydrogens (tertiary/aromatic N) is 1. The number of morpholine rings is 1. The van der Waals surface area contributed by atoms with Crippen molar-refractivity contribution in [1.82, 2.24) is 4.90 Å². The van der Waals surface area contributed by atoms with Gasteiger partial charge in [-0.2, -0.15) is 0 Å². The lowest BCUT2D eigenvalue weighted by Gasteiger charge is -2.41. The second kappa shape index (κ2) is 6.06. The smallest absolute Gasteiger partial charge is 0.228 e. The van der Waals surface area contributed by atoms with Crippen molar-refractivity contribution in [3.8, 4) is 5.75 Å². The third-order valence-corrected chi connectivity index (χ3v) is 3.82. The van der Waals surface area contributed by atoms with Crippen molar-refractivity contribution < 1.29 is 14.3 Å². The zero-order chi connectivity index (χ0) is 15.6. The van der Waals surface area contributed by atoms with Gasteiger partial charge in [-0.05, 0) is 24.6 Å². The number of hydrogen-bond donors (Lipinski definition) is 0. The first-order valence-electron chi connectivity index (χ1n) is 7.39. The Bertz CT molecular complexity index is 490. The Morgan fingerprint density at radius 3 is 2.43 bits per heavy atom. The van der Waals surface area contributed by atoms with Gasteiger partial charge in [-0.25, -0.2) is 0 Å². The summed E-state index contributed by atoms with van der Waals surface area (Å²) in [5.74, 6) is 1.00. The van der Waals surface area contributed by atoms with E-state index in [1.807, 2.05) is 56.9 Å². The minimum absolute atomic E-state index is 0.0709. The van der Waals surface area contributed by atoms with Crippen molar-refractivity contribution in [1.29, 1.82) is 0 Å². The maximum Gasteiger partial charge on any atom is 0.228 e. The number of hydrogen-bond acceptors (Lipinski definition) is 3. The molecule has 1 aromatic rings. The second-order valence-corrected chi connectivity index (χ2v) is 6.65. The molecule has 2 atom stereocenters. The fourth-order valence-corrected chi connectivity index (χ4v) is 2.49. The molecule has 0 aromatic heterocycles. The lowest BCUT2D eigenvalue weighted by molar-refractivity contribution is -0.152. The molecule has 21 heavy (non-hydrogen) atoms. The number of ether oxygens (including phenoxy) is 2. The van der Waals surface area contributed by atoms with Gasteiger partial charge in [-0.3, -0.25) is 4.79 Å². The molecule has 0 radical (unpaired) electrons. The summed E-state index contributed by atoms with van der Waals surface area (Å²) in [5, 5.41) is 0. The fourth-order valence-electron chi connectivity index (χ4n) is 2.49. The van der Waals surface area contributed by atoms with E-state index in [2.05, 4.69) is 0 Å². The molecular formula is C17H25NO3. The van der Waals surface area contributed by atoms with E-state index in [4.69, 9.17) is 9.47 Å². The number of methoxy groups -OCH3 is 1. The first-order valence-corrected chi connectivity index (χ1v) is 7.39. The van der Waals surface area contributed by atoms with Gasteiger partial charge in [-0.15, -0.1) is 0 Å². The van der Waals surface area contributed by atoms with Crippen LogP contribution in [-0.2, 0) is 9.53 Å². The maximum atomic E-state index is 12.6. The van der Waals surface area contributed by atoms with Gasteiger partial charge in [0.15, 0.2) is 0 Å². The van der Waals surface area contributed by atoms with Crippen LogP contribution in [0, 0.1) is 5.41 Å². The summed E-state index contributed by atoms with van der Waals surface area (Å²) in [7, 11) is 1.65. The topological polar surface area (TPSA) is 38.8 Å². The molecule has 2 unspecified atom stereocenters. The highest BCUT2D eigenvalue weighted by Crippen LogP contribution is 2.29. The number of carbonyl (C=O) groups is 1. The van der Waals surface area contributed by atoms with Crippen molar-refractivity contribution in [3.63, 3.8) is 0 Å². The van der Waals surface area contributed by atoms with Gasteiger partial charge < -0.3 is 14.4 Å². The average molecular weight is 291 g/mol. The summed E-state index contributed by atoms with van der Waals surface area (Å²) in [5.41, 5.74) is 0.713. The van der Waals surface area contributed by atoms with Gasteiger partial charge in [0.05, 0.1) is 26.3 Å². The van der Waals surface area contributed by atoms with Gasteiger partial charge >= 0.3 is 0 Å². The summed E-state index contributed by atoms with van der Waals surface area (Å²) in [6.07, 6.45) is -0.0709. The predicted octanol–water partition coefficient (Wildman–Crippen LogP) is 3.03. The van der Waals surface area contributed by atoms with Crippen molar-refractivity contribution in [2.24, 2.45) is 5.41 Å². The highest BCUT2D eigenvalue weighted by molar-refractivity contribution is 5.82. The third-order valence-electron chi connectivity index (χ3n) is 3.82. The molecule has 2 rings (SSSR count). The van der Waals surface area contributed by atoms with Crippen molar-refractivity contribution in [3.05, 3.63) is 29.8 Å². The van der Waals surface area contributed by atoms with Crippen LogP contribution in [0.2, 0.25) is 0 Å². The highest BCUT2D eigenvalue weighted by atomic mass is 16.5. The van der Waals surface area contributed by atoms with Gasteiger partial charge in [0.25, 0.3) is 0 Å². The minimum Gasteiger partial charge on any atom is -0.497 e.